The average Bonchev–Trinajstić information content (AvgIpc) is 1.89. The van der Waals surface area contributed by atoms with Crippen LogP contribution in [0.3, 0.4) is 0 Å². The second kappa shape index (κ2) is 2.10. The maximum Gasteiger partial charge on any atom is 0.0521 e. The molecule has 0 aliphatic rings. The number of hydrogen-bond donors (Lipinski definition) is 2. The summed E-state index contributed by atoms with van der Waals surface area (Å²) in [5.74, 6) is 0. The Morgan fingerprint density at radius 2 is 1.91 bits per heavy atom. The summed E-state index contributed by atoms with van der Waals surface area (Å²) in [5, 5.41) is 13.2. The number of hydrogen-bond acceptors (Lipinski definition) is 5. The minimum absolute atomic E-state index is 1.14. The van der Waals surface area contributed by atoms with Crippen molar-refractivity contribution in [2.24, 2.45) is 0 Å². The van der Waals surface area contributed by atoms with Crippen molar-refractivity contribution < 1.29 is 23.4 Å². The van der Waals surface area contributed by atoms with Gasteiger partial charge in [-0.25, -0.2) is 5.26 Å². The molecule has 5 nitrogen and oxygen atoms in total. The van der Waals surface area contributed by atoms with E-state index in [0.717, 1.165) is 19.6 Å². The Hall–Kier alpha value is -0.290. The molecule has 0 saturated carbocycles. The molecule has 0 fully saturated rings. The van der Waals surface area contributed by atoms with E-state index in [4.69, 9.17) is 11.7 Å². The first kappa shape index (κ1) is 10.7. The summed E-state index contributed by atoms with van der Waals surface area (Å²) in [6.45, 7) is 0. The van der Waals surface area contributed by atoms with Gasteiger partial charge in [0, 0.05) is 21.6 Å². The SMILES string of the molecule is C#CS(C)(C)(O)(OC)OOO. The Bertz CT molecular complexity index is 206. The van der Waals surface area contributed by atoms with Crippen molar-refractivity contribution in [1.82, 2.24) is 0 Å². The van der Waals surface area contributed by atoms with Crippen LogP contribution in [0.2, 0.25) is 0 Å². The van der Waals surface area contributed by atoms with Crippen molar-refractivity contribution in [2.75, 3.05) is 19.6 Å². The first-order valence-corrected chi connectivity index (χ1v) is 5.66. The number of rotatable bonds is 3. The first-order chi connectivity index (χ1) is 4.71. The highest BCUT2D eigenvalue weighted by atomic mass is 32.4. The Morgan fingerprint density at radius 3 is 2.00 bits per heavy atom. The zero-order valence-electron chi connectivity index (χ0n) is 6.60. The third kappa shape index (κ3) is 2.34. The molecule has 0 aliphatic heterocycles. The van der Waals surface area contributed by atoms with Gasteiger partial charge in [-0.15, -0.1) is 10.8 Å². The summed E-state index contributed by atoms with van der Waals surface area (Å²) in [5.41, 5.74) is 0. The van der Waals surface area contributed by atoms with Crippen LogP contribution in [-0.4, -0.2) is 29.4 Å². The van der Waals surface area contributed by atoms with E-state index in [-0.39, 0.29) is 0 Å². The second-order valence-corrected chi connectivity index (χ2v) is 8.10. The topological polar surface area (TPSA) is 68.2 Å². The molecule has 0 rings (SSSR count). The Labute approximate surface area is 64.6 Å². The highest BCUT2D eigenvalue weighted by Gasteiger charge is 2.50. The summed E-state index contributed by atoms with van der Waals surface area (Å²) in [4.78, 5) is 0. The third-order valence-electron chi connectivity index (χ3n) is 1.20. The Balaban J connectivity index is 4.99. The van der Waals surface area contributed by atoms with E-state index in [0.29, 0.717) is 0 Å². The first-order valence-electron chi connectivity index (χ1n) is 2.58. The van der Waals surface area contributed by atoms with Crippen LogP contribution in [0.4, 0.5) is 0 Å². The van der Waals surface area contributed by atoms with Crippen molar-refractivity contribution in [3.63, 3.8) is 0 Å². The maximum absolute atomic E-state index is 9.71. The highest BCUT2D eigenvalue weighted by Crippen LogP contribution is 2.81. The summed E-state index contributed by atoms with van der Waals surface area (Å²) in [6.07, 6.45) is 7.25. The van der Waals surface area contributed by atoms with Gasteiger partial charge in [-0.3, -0.25) is 0 Å². The molecule has 0 aromatic rings. The standard InChI is InChI=1S/C5H12O5S/c1-5-11(3,4,7,8-2)10-9-6/h1,6-7H,2-4H3. The molecule has 0 heterocycles. The van der Waals surface area contributed by atoms with Crippen LogP contribution in [0, 0.1) is 11.7 Å². The van der Waals surface area contributed by atoms with E-state index >= 15 is 0 Å². The van der Waals surface area contributed by atoms with Gasteiger partial charge < -0.3 is 8.74 Å². The lowest BCUT2D eigenvalue weighted by molar-refractivity contribution is -0.444. The largest absolute Gasteiger partial charge is 0.317 e. The number of terminal acetylenes is 1. The lowest BCUT2D eigenvalue weighted by Gasteiger charge is -2.60. The van der Waals surface area contributed by atoms with E-state index in [1.54, 1.807) is 0 Å². The molecule has 0 spiro atoms. The normalized spacial score (nSPS) is 18.2. The van der Waals surface area contributed by atoms with Gasteiger partial charge in [-0.1, -0.05) is 5.04 Å². The zero-order valence-corrected chi connectivity index (χ0v) is 7.42. The molecule has 0 radical (unpaired) electrons. The zero-order chi connectivity index (χ0) is 9.24. The molecule has 11 heavy (non-hydrogen) atoms. The molecule has 0 aromatic carbocycles. The lowest BCUT2D eigenvalue weighted by atomic mass is 11.4. The molecule has 6 heteroatoms. The van der Waals surface area contributed by atoms with Gasteiger partial charge in [0.05, 0.1) is 7.11 Å². The van der Waals surface area contributed by atoms with Gasteiger partial charge >= 0.3 is 0 Å². The van der Waals surface area contributed by atoms with E-state index in [2.05, 4.69) is 13.6 Å². The van der Waals surface area contributed by atoms with E-state index in [1.165, 1.54) is 0 Å². The van der Waals surface area contributed by atoms with Crippen molar-refractivity contribution in [3.8, 4) is 11.7 Å². The third-order valence-corrected chi connectivity index (χ3v) is 3.61. The molecule has 0 saturated heterocycles. The molecule has 0 bridgehead atoms. The molecule has 0 amide bonds. The van der Waals surface area contributed by atoms with Crippen molar-refractivity contribution in [1.29, 1.82) is 0 Å². The fraction of sp³-hybridized carbons (Fsp3) is 0.600. The molecule has 0 unspecified atom stereocenters. The Morgan fingerprint density at radius 1 is 1.45 bits per heavy atom. The van der Waals surface area contributed by atoms with Crippen molar-refractivity contribution >= 4 is 9.14 Å². The summed E-state index contributed by atoms with van der Waals surface area (Å²) >= 11 is 0. The van der Waals surface area contributed by atoms with Crippen LogP contribution >= 0.6 is 9.14 Å². The van der Waals surface area contributed by atoms with E-state index in [1.807, 2.05) is 5.25 Å². The van der Waals surface area contributed by atoms with Crippen LogP contribution in [0.5, 0.6) is 0 Å². The van der Waals surface area contributed by atoms with Crippen LogP contribution < -0.4 is 0 Å². The van der Waals surface area contributed by atoms with Gasteiger partial charge in [0.25, 0.3) is 0 Å². The molecular formula is C5H12O5S. The lowest BCUT2D eigenvalue weighted by Crippen LogP contribution is -2.35. The Kier molecular flexibility index (Phi) is 2.05. The average molecular weight is 184 g/mol. The molecule has 2 N–H and O–H groups in total. The van der Waals surface area contributed by atoms with Crippen molar-refractivity contribution in [2.45, 2.75) is 0 Å². The predicted octanol–water partition coefficient (Wildman–Crippen LogP) is 1.08. The smallest absolute Gasteiger partial charge is 0.0521 e. The van der Waals surface area contributed by atoms with Crippen molar-refractivity contribution in [3.05, 3.63) is 0 Å². The van der Waals surface area contributed by atoms with Gasteiger partial charge in [-0.2, -0.15) is 0 Å². The van der Waals surface area contributed by atoms with Gasteiger partial charge in [0.1, 0.15) is 0 Å². The van der Waals surface area contributed by atoms with Gasteiger partial charge in [0.2, 0.25) is 0 Å². The van der Waals surface area contributed by atoms with Crippen LogP contribution in [0.25, 0.3) is 0 Å². The van der Waals surface area contributed by atoms with Crippen LogP contribution in [0.1, 0.15) is 0 Å². The summed E-state index contributed by atoms with van der Waals surface area (Å²) < 4.78 is 18.5. The van der Waals surface area contributed by atoms with E-state index in [9.17, 15) is 4.55 Å². The quantitative estimate of drug-likeness (QED) is 0.390. The molecule has 68 valence electrons. The van der Waals surface area contributed by atoms with Gasteiger partial charge in [0.15, 0.2) is 0 Å². The van der Waals surface area contributed by atoms with Crippen LogP contribution in [0.15, 0.2) is 0 Å². The van der Waals surface area contributed by atoms with E-state index < -0.39 is 9.14 Å². The molecular weight excluding hydrogens is 172 g/mol. The fourth-order valence-corrected chi connectivity index (χ4v) is 0.593. The molecule has 0 aromatic heterocycles. The predicted molar refractivity (Wildman–Crippen MR) is 42.7 cm³/mol. The second-order valence-electron chi connectivity index (χ2n) is 2.75. The highest BCUT2D eigenvalue weighted by molar-refractivity contribution is 8.56. The minimum Gasteiger partial charge on any atom is -0.317 e. The summed E-state index contributed by atoms with van der Waals surface area (Å²) in [6, 6.07) is 0. The van der Waals surface area contributed by atoms with Crippen LogP contribution in [-0.2, 0) is 13.6 Å². The minimum atomic E-state index is -4.54. The summed E-state index contributed by atoms with van der Waals surface area (Å²) in [7, 11) is -3.38. The fourth-order valence-electron chi connectivity index (χ4n) is 0.198. The van der Waals surface area contributed by atoms with Gasteiger partial charge in [-0.05, 0) is 5.25 Å². The molecule has 0 atom stereocenters. The molecule has 0 aliphatic carbocycles. The monoisotopic (exact) mass is 184 g/mol. The maximum atomic E-state index is 9.71.